The number of aryl methyl sites for hydroxylation is 1. The SMILES string of the molecule is Cc1cc(C(C)Nc2ccccc2C(=O)O)c2oc(-c3ccccc3)c(/C(C=O)=C/N)c(=O)c2c1. The molecule has 4 rings (SSSR count). The molecule has 0 radical (unpaired) electrons. The Morgan fingerprint density at radius 3 is 2.43 bits per heavy atom. The molecule has 0 aliphatic heterocycles. The molecule has 4 N–H and O–H groups in total. The lowest BCUT2D eigenvalue weighted by Crippen LogP contribution is -2.15. The Kier molecular flexibility index (Phi) is 6.51. The number of aromatic carboxylic acids is 1. The zero-order valence-corrected chi connectivity index (χ0v) is 19.2. The van der Waals surface area contributed by atoms with Gasteiger partial charge in [-0.2, -0.15) is 0 Å². The maximum atomic E-state index is 13.7. The van der Waals surface area contributed by atoms with E-state index in [4.69, 9.17) is 10.2 Å². The lowest BCUT2D eigenvalue weighted by atomic mass is 9.96. The van der Waals surface area contributed by atoms with Crippen LogP contribution in [0.15, 0.2) is 82.1 Å². The van der Waals surface area contributed by atoms with E-state index >= 15 is 0 Å². The number of hydrogen-bond acceptors (Lipinski definition) is 6. The Bertz CT molecular complexity index is 1520. The maximum absolute atomic E-state index is 13.7. The minimum atomic E-state index is -1.05. The van der Waals surface area contributed by atoms with Crippen LogP contribution in [0.4, 0.5) is 5.69 Å². The molecule has 35 heavy (non-hydrogen) atoms. The second kappa shape index (κ2) is 9.69. The van der Waals surface area contributed by atoms with E-state index < -0.39 is 12.0 Å². The molecule has 7 heteroatoms. The molecule has 4 aromatic rings. The molecule has 0 spiro atoms. The highest BCUT2D eigenvalue weighted by atomic mass is 16.4. The van der Waals surface area contributed by atoms with Gasteiger partial charge in [0.1, 0.15) is 11.3 Å². The molecule has 7 nitrogen and oxygen atoms in total. The van der Waals surface area contributed by atoms with Gasteiger partial charge in [-0.3, -0.25) is 9.59 Å². The standard InChI is InChI=1S/C28H24N2O5/c1-16-12-21(17(2)30-23-11-7-6-10-20(23)28(33)34)27-22(13-16)25(32)24(19(14-29)15-31)26(35-27)18-8-4-3-5-9-18/h3-15,17,30H,29H2,1-2H3,(H,33,34)/b19-14+. The third kappa shape index (κ3) is 4.44. The summed E-state index contributed by atoms with van der Waals surface area (Å²) in [6.07, 6.45) is 1.63. The van der Waals surface area contributed by atoms with Gasteiger partial charge in [0.2, 0.25) is 5.43 Å². The number of hydrogen-bond donors (Lipinski definition) is 3. The van der Waals surface area contributed by atoms with Crippen molar-refractivity contribution in [2.75, 3.05) is 5.32 Å². The number of fused-ring (bicyclic) bond motifs is 1. The molecular weight excluding hydrogens is 444 g/mol. The number of carbonyl (C=O) groups excluding carboxylic acids is 1. The number of benzene rings is 3. The minimum absolute atomic E-state index is 0.0316. The fraction of sp³-hybridized carbons (Fsp3) is 0.107. The normalized spacial score (nSPS) is 12.3. The number of aldehydes is 1. The first-order valence-corrected chi connectivity index (χ1v) is 11.0. The van der Waals surface area contributed by atoms with Gasteiger partial charge in [-0.05, 0) is 37.6 Å². The summed E-state index contributed by atoms with van der Waals surface area (Å²) in [6.45, 7) is 3.71. The first kappa shape index (κ1) is 23.5. The van der Waals surface area contributed by atoms with Gasteiger partial charge >= 0.3 is 5.97 Å². The van der Waals surface area contributed by atoms with Crippen LogP contribution in [0.3, 0.4) is 0 Å². The third-order valence-corrected chi connectivity index (χ3v) is 5.79. The topological polar surface area (TPSA) is 123 Å². The molecule has 0 aliphatic carbocycles. The summed E-state index contributed by atoms with van der Waals surface area (Å²) in [5.41, 5.74) is 8.44. The summed E-state index contributed by atoms with van der Waals surface area (Å²) in [6, 6.07) is 18.8. The van der Waals surface area contributed by atoms with E-state index in [-0.39, 0.29) is 27.9 Å². The zero-order chi connectivity index (χ0) is 25.1. The Labute approximate surface area is 201 Å². The average Bonchev–Trinajstić information content (AvgIpc) is 2.86. The van der Waals surface area contributed by atoms with Crippen molar-refractivity contribution < 1.29 is 19.1 Å². The van der Waals surface area contributed by atoms with Crippen LogP contribution in [-0.2, 0) is 4.79 Å². The fourth-order valence-corrected chi connectivity index (χ4v) is 4.14. The fourth-order valence-electron chi connectivity index (χ4n) is 4.14. The van der Waals surface area contributed by atoms with Crippen LogP contribution in [0, 0.1) is 6.92 Å². The molecule has 1 heterocycles. The van der Waals surface area contributed by atoms with E-state index in [1.165, 1.54) is 6.07 Å². The lowest BCUT2D eigenvalue weighted by Gasteiger charge is -2.20. The monoisotopic (exact) mass is 468 g/mol. The number of para-hydroxylation sites is 1. The van der Waals surface area contributed by atoms with Gasteiger partial charge < -0.3 is 20.6 Å². The van der Waals surface area contributed by atoms with Crippen LogP contribution in [0.25, 0.3) is 27.9 Å². The van der Waals surface area contributed by atoms with Crippen LogP contribution in [-0.4, -0.2) is 17.4 Å². The predicted molar refractivity (Wildman–Crippen MR) is 136 cm³/mol. The highest BCUT2D eigenvalue weighted by Crippen LogP contribution is 2.34. The largest absolute Gasteiger partial charge is 0.478 e. The van der Waals surface area contributed by atoms with Crippen LogP contribution in [0.5, 0.6) is 0 Å². The average molecular weight is 469 g/mol. The van der Waals surface area contributed by atoms with Gasteiger partial charge in [0.25, 0.3) is 0 Å². The first-order valence-electron chi connectivity index (χ1n) is 11.0. The molecule has 1 unspecified atom stereocenters. The van der Waals surface area contributed by atoms with Crippen molar-refractivity contribution >= 4 is 34.5 Å². The number of carboxylic acid groups (broad SMARTS) is 1. The summed E-state index contributed by atoms with van der Waals surface area (Å²) in [4.78, 5) is 37.1. The Hall–Kier alpha value is -4.65. The van der Waals surface area contributed by atoms with E-state index in [1.807, 2.05) is 26.0 Å². The summed E-state index contributed by atoms with van der Waals surface area (Å²) < 4.78 is 6.36. The van der Waals surface area contributed by atoms with Crippen molar-refractivity contribution in [3.63, 3.8) is 0 Å². The van der Waals surface area contributed by atoms with Crippen molar-refractivity contribution in [2.45, 2.75) is 19.9 Å². The van der Waals surface area contributed by atoms with Gasteiger partial charge in [-0.1, -0.05) is 48.5 Å². The molecule has 0 fully saturated rings. The van der Waals surface area contributed by atoms with Crippen molar-refractivity contribution in [2.24, 2.45) is 5.73 Å². The number of anilines is 1. The molecule has 0 bridgehead atoms. The molecule has 0 saturated carbocycles. The highest BCUT2D eigenvalue weighted by Gasteiger charge is 2.23. The number of carboxylic acids is 1. The van der Waals surface area contributed by atoms with Gasteiger partial charge in [-0.15, -0.1) is 0 Å². The third-order valence-electron chi connectivity index (χ3n) is 5.79. The van der Waals surface area contributed by atoms with E-state index in [0.717, 1.165) is 11.8 Å². The van der Waals surface area contributed by atoms with Gasteiger partial charge in [0.15, 0.2) is 6.29 Å². The molecule has 0 saturated heterocycles. The molecule has 0 aliphatic rings. The van der Waals surface area contributed by atoms with Gasteiger partial charge in [0.05, 0.1) is 22.6 Å². The van der Waals surface area contributed by atoms with E-state index in [1.54, 1.807) is 48.5 Å². The molecule has 0 amide bonds. The molecule has 3 aromatic carbocycles. The Morgan fingerprint density at radius 2 is 1.77 bits per heavy atom. The Balaban J connectivity index is 1.98. The van der Waals surface area contributed by atoms with E-state index in [0.29, 0.717) is 34.1 Å². The van der Waals surface area contributed by atoms with Crippen molar-refractivity contribution in [3.8, 4) is 11.3 Å². The summed E-state index contributed by atoms with van der Waals surface area (Å²) in [5, 5.41) is 13.1. The number of nitrogens with one attached hydrogen (secondary N) is 1. The lowest BCUT2D eigenvalue weighted by molar-refractivity contribution is -0.103. The predicted octanol–water partition coefficient (Wildman–Crippen LogP) is 5.14. The number of allylic oxidation sites excluding steroid dienone is 1. The maximum Gasteiger partial charge on any atom is 0.337 e. The molecule has 1 aromatic heterocycles. The van der Waals surface area contributed by atoms with Crippen LogP contribution in [0.2, 0.25) is 0 Å². The quantitative estimate of drug-likeness (QED) is 0.254. The summed E-state index contributed by atoms with van der Waals surface area (Å²) in [5.74, 6) is -0.818. The molecule has 1 atom stereocenters. The first-order chi connectivity index (χ1) is 16.8. The second-order valence-electron chi connectivity index (χ2n) is 8.19. The van der Waals surface area contributed by atoms with Crippen LogP contribution >= 0.6 is 0 Å². The van der Waals surface area contributed by atoms with E-state index in [9.17, 15) is 19.5 Å². The number of nitrogens with two attached hydrogens (primary N) is 1. The summed E-state index contributed by atoms with van der Waals surface area (Å²) in [7, 11) is 0. The summed E-state index contributed by atoms with van der Waals surface area (Å²) >= 11 is 0. The van der Waals surface area contributed by atoms with Gasteiger partial charge in [0, 0.05) is 28.6 Å². The second-order valence-corrected chi connectivity index (χ2v) is 8.19. The van der Waals surface area contributed by atoms with Crippen LogP contribution < -0.4 is 16.5 Å². The molecule has 176 valence electrons. The molecular formula is C28H24N2O5. The van der Waals surface area contributed by atoms with Crippen LogP contribution in [0.1, 0.15) is 40.0 Å². The van der Waals surface area contributed by atoms with Crippen molar-refractivity contribution in [1.82, 2.24) is 0 Å². The van der Waals surface area contributed by atoms with Gasteiger partial charge in [-0.25, -0.2) is 4.79 Å². The number of rotatable bonds is 7. The smallest absolute Gasteiger partial charge is 0.337 e. The minimum Gasteiger partial charge on any atom is -0.478 e. The van der Waals surface area contributed by atoms with Crippen molar-refractivity contribution in [3.05, 3.63) is 105 Å². The zero-order valence-electron chi connectivity index (χ0n) is 19.2. The van der Waals surface area contributed by atoms with E-state index in [2.05, 4.69) is 5.32 Å². The Morgan fingerprint density at radius 1 is 1.09 bits per heavy atom. The van der Waals surface area contributed by atoms with Crippen molar-refractivity contribution in [1.29, 1.82) is 0 Å². The highest BCUT2D eigenvalue weighted by molar-refractivity contribution is 6.10. The number of carbonyl (C=O) groups is 2.